The molecule has 0 N–H and O–H groups in total. The number of benzene rings is 1. The van der Waals surface area contributed by atoms with Crippen molar-refractivity contribution in [3.63, 3.8) is 0 Å². The maximum absolute atomic E-state index is 13.8. The molecule has 0 aliphatic heterocycles. The zero-order chi connectivity index (χ0) is 13.9. The van der Waals surface area contributed by atoms with E-state index in [4.69, 9.17) is 0 Å². The molecule has 2 nitrogen and oxygen atoms in total. The van der Waals surface area contributed by atoms with Crippen LogP contribution < -0.4 is 4.90 Å². The topological polar surface area (TPSA) is 20.3 Å². The lowest BCUT2D eigenvalue weighted by Crippen LogP contribution is -2.35. The molecule has 0 amide bonds. The Labute approximate surface area is 109 Å². The van der Waals surface area contributed by atoms with Crippen LogP contribution in [0.25, 0.3) is 0 Å². The highest BCUT2D eigenvalue weighted by atomic mass is 19.1. The predicted octanol–water partition coefficient (Wildman–Crippen LogP) is 3.90. The van der Waals surface area contributed by atoms with Crippen LogP contribution in [-0.4, -0.2) is 18.4 Å². The number of carbonyl (C=O) groups excluding carboxylic acids is 1. The van der Waals surface area contributed by atoms with Gasteiger partial charge in [0.1, 0.15) is 5.82 Å². The molecule has 18 heavy (non-hydrogen) atoms. The second kappa shape index (κ2) is 5.98. The molecule has 0 atom stereocenters. The Kier molecular flexibility index (Phi) is 4.88. The smallest absolute Gasteiger partial charge is 0.164 e. The third-order valence-corrected chi connectivity index (χ3v) is 2.84. The van der Waals surface area contributed by atoms with Crippen molar-refractivity contribution in [3.8, 4) is 0 Å². The summed E-state index contributed by atoms with van der Waals surface area (Å²) in [6, 6.07) is 5.05. The maximum atomic E-state index is 13.8. The van der Waals surface area contributed by atoms with E-state index in [1.54, 1.807) is 6.07 Å². The molecule has 1 aromatic rings. The monoisotopic (exact) mass is 251 g/mol. The van der Waals surface area contributed by atoms with E-state index >= 15 is 0 Å². The molecule has 0 aliphatic carbocycles. The van der Waals surface area contributed by atoms with Gasteiger partial charge in [0.2, 0.25) is 0 Å². The fourth-order valence-corrected chi connectivity index (χ4v) is 2.08. The predicted molar refractivity (Wildman–Crippen MR) is 73.7 cm³/mol. The van der Waals surface area contributed by atoms with E-state index in [9.17, 15) is 9.18 Å². The highest BCUT2D eigenvalue weighted by molar-refractivity contribution is 6.00. The average Bonchev–Trinajstić information content (AvgIpc) is 2.24. The number of ketones is 1. The van der Waals surface area contributed by atoms with Crippen LogP contribution in [0.2, 0.25) is 0 Å². The minimum absolute atomic E-state index is 0.201. The standard InChI is InChI=1S/C15H22FNO/c1-10(2)9-17(11(3)4)14-8-6-7-13(16)15(14)12(5)18/h6-8,10-11H,9H2,1-5H3. The summed E-state index contributed by atoms with van der Waals surface area (Å²) in [5.74, 6) is -0.206. The van der Waals surface area contributed by atoms with E-state index in [1.807, 2.05) is 6.07 Å². The van der Waals surface area contributed by atoms with Gasteiger partial charge in [-0.15, -0.1) is 0 Å². The van der Waals surface area contributed by atoms with Crippen LogP contribution in [0, 0.1) is 11.7 Å². The highest BCUT2D eigenvalue weighted by Gasteiger charge is 2.20. The molecular weight excluding hydrogens is 229 g/mol. The van der Waals surface area contributed by atoms with Crippen molar-refractivity contribution >= 4 is 11.5 Å². The molecule has 0 bridgehead atoms. The Bertz CT molecular complexity index is 427. The van der Waals surface area contributed by atoms with Crippen LogP contribution in [0.3, 0.4) is 0 Å². The summed E-state index contributed by atoms with van der Waals surface area (Å²) in [6.07, 6.45) is 0. The number of nitrogens with zero attached hydrogens (tertiary/aromatic N) is 1. The van der Waals surface area contributed by atoms with Crippen molar-refractivity contribution in [2.45, 2.75) is 40.7 Å². The molecule has 0 saturated heterocycles. The first-order chi connectivity index (χ1) is 8.34. The summed E-state index contributed by atoms with van der Waals surface area (Å²) in [4.78, 5) is 13.7. The lowest BCUT2D eigenvalue weighted by Gasteiger charge is -2.32. The van der Waals surface area contributed by atoms with Gasteiger partial charge in [-0.3, -0.25) is 4.79 Å². The van der Waals surface area contributed by atoms with Crippen molar-refractivity contribution in [3.05, 3.63) is 29.6 Å². The van der Waals surface area contributed by atoms with Gasteiger partial charge in [-0.25, -0.2) is 4.39 Å². The number of hydrogen-bond acceptors (Lipinski definition) is 2. The first kappa shape index (κ1) is 14.7. The molecule has 0 radical (unpaired) electrons. The maximum Gasteiger partial charge on any atom is 0.164 e. The van der Waals surface area contributed by atoms with Gasteiger partial charge in [-0.05, 0) is 38.8 Å². The summed E-state index contributed by atoms with van der Waals surface area (Å²) in [5, 5.41) is 0. The zero-order valence-corrected chi connectivity index (χ0v) is 11.8. The normalized spacial score (nSPS) is 11.1. The van der Waals surface area contributed by atoms with E-state index in [1.165, 1.54) is 13.0 Å². The Hall–Kier alpha value is -1.38. The number of Topliss-reactive ketones (excluding diaryl/α,β-unsaturated/α-hetero) is 1. The summed E-state index contributed by atoms with van der Waals surface area (Å²) >= 11 is 0. The van der Waals surface area contributed by atoms with Gasteiger partial charge in [-0.1, -0.05) is 19.9 Å². The van der Waals surface area contributed by atoms with Crippen molar-refractivity contribution in [1.82, 2.24) is 0 Å². The van der Waals surface area contributed by atoms with Gasteiger partial charge < -0.3 is 4.90 Å². The van der Waals surface area contributed by atoms with Crippen LogP contribution in [0.5, 0.6) is 0 Å². The number of anilines is 1. The van der Waals surface area contributed by atoms with E-state index in [2.05, 4.69) is 32.6 Å². The first-order valence-electron chi connectivity index (χ1n) is 6.40. The van der Waals surface area contributed by atoms with Gasteiger partial charge in [0.05, 0.1) is 11.3 Å². The lowest BCUT2D eigenvalue weighted by molar-refractivity contribution is 0.101. The average molecular weight is 251 g/mol. The Balaban J connectivity index is 3.27. The summed E-state index contributed by atoms with van der Waals surface area (Å²) in [6.45, 7) is 10.6. The van der Waals surface area contributed by atoms with Gasteiger partial charge in [0.25, 0.3) is 0 Å². The molecule has 0 aliphatic rings. The van der Waals surface area contributed by atoms with Crippen LogP contribution in [0.15, 0.2) is 18.2 Å². The molecular formula is C15H22FNO. The SMILES string of the molecule is CC(=O)c1c(F)cccc1N(CC(C)C)C(C)C. The molecule has 0 aromatic heterocycles. The van der Waals surface area contributed by atoms with Crippen molar-refractivity contribution in [2.24, 2.45) is 5.92 Å². The fourth-order valence-electron chi connectivity index (χ4n) is 2.08. The quantitative estimate of drug-likeness (QED) is 0.740. The van der Waals surface area contributed by atoms with Crippen molar-refractivity contribution in [2.75, 3.05) is 11.4 Å². The third kappa shape index (κ3) is 3.31. The largest absolute Gasteiger partial charge is 0.368 e. The van der Waals surface area contributed by atoms with Gasteiger partial charge in [-0.2, -0.15) is 0 Å². The molecule has 0 saturated carbocycles. The van der Waals surface area contributed by atoms with Gasteiger partial charge in [0, 0.05) is 12.6 Å². The van der Waals surface area contributed by atoms with Crippen LogP contribution >= 0.6 is 0 Å². The van der Waals surface area contributed by atoms with Gasteiger partial charge in [0.15, 0.2) is 5.78 Å². The van der Waals surface area contributed by atoms with Crippen molar-refractivity contribution < 1.29 is 9.18 Å². The third-order valence-electron chi connectivity index (χ3n) is 2.84. The summed E-state index contributed by atoms with van der Waals surface area (Å²) < 4.78 is 13.8. The molecule has 1 rings (SSSR count). The van der Waals surface area contributed by atoms with Crippen molar-refractivity contribution in [1.29, 1.82) is 0 Å². The second-order valence-electron chi connectivity index (χ2n) is 5.33. The Morgan fingerprint density at radius 3 is 2.33 bits per heavy atom. The molecule has 0 heterocycles. The second-order valence-corrected chi connectivity index (χ2v) is 5.33. The van der Waals surface area contributed by atoms with Crippen LogP contribution in [-0.2, 0) is 0 Å². The van der Waals surface area contributed by atoms with Crippen LogP contribution in [0.1, 0.15) is 45.0 Å². The summed E-state index contributed by atoms with van der Waals surface area (Å²) in [5.41, 5.74) is 0.901. The minimum atomic E-state index is -0.436. The summed E-state index contributed by atoms with van der Waals surface area (Å²) in [7, 11) is 0. The Morgan fingerprint density at radius 2 is 1.89 bits per heavy atom. The number of hydrogen-bond donors (Lipinski definition) is 0. The fraction of sp³-hybridized carbons (Fsp3) is 0.533. The van der Waals surface area contributed by atoms with E-state index in [0.717, 1.165) is 6.54 Å². The highest BCUT2D eigenvalue weighted by Crippen LogP contribution is 2.26. The molecule has 1 aromatic carbocycles. The molecule has 3 heteroatoms. The van der Waals surface area contributed by atoms with Gasteiger partial charge >= 0.3 is 0 Å². The molecule has 100 valence electrons. The minimum Gasteiger partial charge on any atom is -0.368 e. The first-order valence-corrected chi connectivity index (χ1v) is 6.40. The molecule has 0 unspecified atom stereocenters. The van der Waals surface area contributed by atoms with Crippen LogP contribution in [0.4, 0.5) is 10.1 Å². The Morgan fingerprint density at radius 1 is 1.28 bits per heavy atom. The number of halogens is 1. The van der Waals surface area contributed by atoms with E-state index in [-0.39, 0.29) is 17.4 Å². The molecule has 0 fully saturated rings. The molecule has 0 spiro atoms. The van der Waals surface area contributed by atoms with E-state index < -0.39 is 5.82 Å². The lowest BCUT2D eigenvalue weighted by atomic mass is 10.0. The number of rotatable bonds is 5. The number of carbonyl (C=O) groups is 1. The van der Waals surface area contributed by atoms with E-state index in [0.29, 0.717) is 11.6 Å². The zero-order valence-electron chi connectivity index (χ0n) is 11.8.